The highest BCUT2D eigenvalue weighted by Gasteiger charge is 2.15. The average Bonchev–Trinajstić information content (AvgIpc) is 2.55. The van der Waals surface area contributed by atoms with Crippen molar-refractivity contribution < 1.29 is 0 Å². The fraction of sp³-hybridized carbons (Fsp3) is 0.250. The third-order valence-corrected chi connectivity index (χ3v) is 3.62. The smallest absolute Gasteiger partial charge is 0.160 e. The predicted octanol–water partition coefficient (Wildman–Crippen LogP) is 1.30. The Morgan fingerprint density at radius 2 is 1.73 bits per heavy atom. The highest BCUT2D eigenvalue weighted by Crippen LogP contribution is 2.21. The van der Waals surface area contributed by atoms with Gasteiger partial charge in [-0.2, -0.15) is 0 Å². The highest BCUT2D eigenvalue weighted by atomic mass is 14.9. The summed E-state index contributed by atoms with van der Waals surface area (Å²) in [5, 5.41) is 0.962. The van der Waals surface area contributed by atoms with Gasteiger partial charge < -0.3 is 11.5 Å². The van der Waals surface area contributed by atoms with Crippen molar-refractivity contribution in [3.63, 3.8) is 0 Å². The number of nitrogens with two attached hydrogens (primary N) is 2. The topological polar surface area (TPSA) is 104 Å². The van der Waals surface area contributed by atoms with Gasteiger partial charge in [0, 0.05) is 48.0 Å². The summed E-state index contributed by atoms with van der Waals surface area (Å²) in [5.41, 5.74) is 14.6. The van der Waals surface area contributed by atoms with Gasteiger partial charge in [0.25, 0.3) is 0 Å². The number of hydrogen-bond acceptors (Lipinski definition) is 6. The Morgan fingerprint density at radius 3 is 2.45 bits per heavy atom. The Bertz CT molecular complexity index is 772. The summed E-state index contributed by atoms with van der Waals surface area (Å²) < 4.78 is 0. The first-order valence-corrected chi connectivity index (χ1v) is 7.17. The lowest BCUT2D eigenvalue weighted by Crippen LogP contribution is -2.40. The zero-order valence-electron chi connectivity index (χ0n) is 12.3. The van der Waals surface area contributed by atoms with Crippen LogP contribution in [-0.4, -0.2) is 32.0 Å². The van der Waals surface area contributed by atoms with Gasteiger partial charge in [-0.05, 0) is 25.1 Å². The molecule has 0 aliphatic rings. The number of aromatic nitrogens is 4. The van der Waals surface area contributed by atoms with Crippen molar-refractivity contribution in [2.45, 2.75) is 25.4 Å². The molecule has 0 radical (unpaired) electrons. The molecule has 0 aliphatic carbocycles. The molecule has 4 N–H and O–H groups in total. The molecule has 22 heavy (non-hydrogen) atoms. The molecule has 112 valence electrons. The second-order valence-corrected chi connectivity index (χ2v) is 5.35. The maximum Gasteiger partial charge on any atom is 0.160 e. The number of hydrogen-bond donors (Lipinski definition) is 2. The second kappa shape index (κ2) is 6.13. The summed E-state index contributed by atoms with van der Waals surface area (Å²) in [6.45, 7) is 1.90. The second-order valence-electron chi connectivity index (χ2n) is 5.35. The van der Waals surface area contributed by atoms with Crippen molar-refractivity contribution in [3.05, 3.63) is 48.7 Å². The molecule has 6 nitrogen and oxygen atoms in total. The van der Waals surface area contributed by atoms with Gasteiger partial charge in [0.1, 0.15) is 0 Å². The molecule has 0 bridgehead atoms. The van der Waals surface area contributed by atoms with Crippen molar-refractivity contribution >= 4 is 10.9 Å². The highest BCUT2D eigenvalue weighted by molar-refractivity contribution is 5.81. The summed E-state index contributed by atoms with van der Waals surface area (Å²) in [5.74, 6) is 0.648. The maximum atomic E-state index is 6.12. The molecule has 6 heteroatoms. The van der Waals surface area contributed by atoms with E-state index in [1.54, 1.807) is 24.8 Å². The minimum absolute atomic E-state index is 0.101. The van der Waals surface area contributed by atoms with Crippen LogP contribution < -0.4 is 11.5 Å². The number of rotatable bonds is 4. The fourth-order valence-electron chi connectivity index (χ4n) is 2.24. The van der Waals surface area contributed by atoms with E-state index < -0.39 is 0 Å². The summed E-state index contributed by atoms with van der Waals surface area (Å²) in [4.78, 5) is 17.4. The van der Waals surface area contributed by atoms with Crippen molar-refractivity contribution in [2.24, 2.45) is 11.5 Å². The monoisotopic (exact) mass is 294 g/mol. The molecule has 3 heterocycles. The van der Waals surface area contributed by atoms with E-state index in [4.69, 9.17) is 16.5 Å². The van der Waals surface area contributed by atoms with Gasteiger partial charge in [0.05, 0.1) is 17.4 Å². The molecule has 3 aromatic rings. The SMILES string of the molecule is CC(N)C(N)Cc1nc(-c2ccncc2)nc2cnccc12. The van der Waals surface area contributed by atoms with Crippen LogP contribution in [-0.2, 0) is 6.42 Å². The standard InChI is InChI=1S/C16H18N6/c1-10(17)13(18)8-14-12-4-7-20-9-15(12)22-16(21-14)11-2-5-19-6-3-11/h2-7,9-10,13H,8,17-18H2,1H3. The molecule has 0 fully saturated rings. The van der Waals surface area contributed by atoms with E-state index in [0.29, 0.717) is 12.2 Å². The molecule has 2 unspecified atom stereocenters. The predicted molar refractivity (Wildman–Crippen MR) is 85.9 cm³/mol. The largest absolute Gasteiger partial charge is 0.327 e. The van der Waals surface area contributed by atoms with Crippen LogP contribution in [0.1, 0.15) is 12.6 Å². The van der Waals surface area contributed by atoms with E-state index in [9.17, 15) is 0 Å². The minimum atomic E-state index is -0.156. The van der Waals surface area contributed by atoms with Crippen molar-refractivity contribution in [1.82, 2.24) is 19.9 Å². The van der Waals surface area contributed by atoms with E-state index in [-0.39, 0.29) is 12.1 Å². The Hall–Kier alpha value is -2.44. The lowest BCUT2D eigenvalue weighted by Gasteiger charge is -2.16. The third-order valence-electron chi connectivity index (χ3n) is 3.62. The van der Waals surface area contributed by atoms with Crippen molar-refractivity contribution in [1.29, 1.82) is 0 Å². The average molecular weight is 294 g/mol. The number of nitrogens with zero attached hydrogens (tertiary/aromatic N) is 4. The van der Waals surface area contributed by atoms with Crippen molar-refractivity contribution in [2.75, 3.05) is 0 Å². The van der Waals surface area contributed by atoms with Crippen LogP contribution in [0.15, 0.2) is 43.0 Å². The molecule has 0 spiro atoms. The van der Waals surface area contributed by atoms with Crippen LogP contribution in [0.3, 0.4) is 0 Å². The summed E-state index contributed by atoms with van der Waals surface area (Å²) in [7, 11) is 0. The zero-order chi connectivity index (χ0) is 15.5. The van der Waals surface area contributed by atoms with Gasteiger partial charge in [0.2, 0.25) is 0 Å². The number of pyridine rings is 2. The molecule has 2 atom stereocenters. The van der Waals surface area contributed by atoms with Crippen LogP contribution in [0.5, 0.6) is 0 Å². The van der Waals surface area contributed by atoms with Crippen LogP contribution in [0.4, 0.5) is 0 Å². The molecular weight excluding hydrogens is 276 g/mol. The maximum absolute atomic E-state index is 6.12. The molecule has 0 aromatic carbocycles. The first kappa shape index (κ1) is 14.5. The van der Waals surface area contributed by atoms with Gasteiger partial charge in [-0.15, -0.1) is 0 Å². The molecule has 0 aliphatic heterocycles. The first-order valence-electron chi connectivity index (χ1n) is 7.17. The molecule has 3 rings (SSSR count). The first-order chi connectivity index (χ1) is 10.6. The van der Waals surface area contributed by atoms with Gasteiger partial charge in [0.15, 0.2) is 5.82 Å². The Balaban J connectivity index is 2.12. The van der Waals surface area contributed by atoms with E-state index in [1.165, 1.54) is 0 Å². The lowest BCUT2D eigenvalue weighted by molar-refractivity contribution is 0.553. The van der Waals surface area contributed by atoms with E-state index in [2.05, 4.69) is 15.0 Å². The summed E-state index contributed by atoms with van der Waals surface area (Å²) in [6, 6.07) is 5.42. The van der Waals surface area contributed by atoms with Crippen LogP contribution in [0, 0.1) is 0 Å². The van der Waals surface area contributed by atoms with Crippen molar-refractivity contribution in [3.8, 4) is 11.4 Å². The zero-order valence-corrected chi connectivity index (χ0v) is 12.3. The van der Waals surface area contributed by atoms with E-state index in [1.807, 2.05) is 25.1 Å². The summed E-state index contributed by atoms with van der Waals surface area (Å²) >= 11 is 0. The lowest BCUT2D eigenvalue weighted by atomic mass is 10.0. The Labute approximate surface area is 128 Å². The van der Waals surface area contributed by atoms with Crippen LogP contribution in [0.25, 0.3) is 22.3 Å². The van der Waals surface area contributed by atoms with Gasteiger partial charge >= 0.3 is 0 Å². The molecule has 0 saturated carbocycles. The molecule has 0 amide bonds. The normalized spacial score (nSPS) is 14.0. The quantitative estimate of drug-likeness (QED) is 0.751. The fourth-order valence-corrected chi connectivity index (χ4v) is 2.24. The van der Waals surface area contributed by atoms with Crippen LogP contribution in [0.2, 0.25) is 0 Å². The molecular formula is C16H18N6. The Kier molecular flexibility index (Phi) is 4.04. The minimum Gasteiger partial charge on any atom is -0.327 e. The van der Waals surface area contributed by atoms with Crippen LogP contribution >= 0.6 is 0 Å². The van der Waals surface area contributed by atoms with Gasteiger partial charge in [-0.3, -0.25) is 9.97 Å². The summed E-state index contributed by atoms with van der Waals surface area (Å²) in [6.07, 6.45) is 7.51. The molecule has 3 aromatic heterocycles. The molecule has 0 saturated heterocycles. The third kappa shape index (κ3) is 2.93. The van der Waals surface area contributed by atoms with E-state index >= 15 is 0 Å². The Morgan fingerprint density at radius 1 is 1.00 bits per heavy atom. The number of fused-ring (bicyclic) bond motifs is 1. The van der Waals surface area contributed by atoms with E-state index in [0.717, 1.165) is 22.2 Å². The van der Waals surface area contributed by atoms with Gasteiger partial charge in [-0.1, -0.05) is 0 Å². The van der Waals surface area contributed by atoms with Gasteiger partial charge in [-0.25, -0.2) is 9.97 Å².